The second-order valence-electron chi connectivity index (χ2n) is 3.95. The van der Waals surface area contributed by atoms with Crippen LogP contribution in [0.1, 0.15) is 19.3 Å². The van der Waals surface area contributed by atoms with Crippen molar-refractivity contribution < 1.29 is 14.3 Å². The van der Waals surface area contributed by atoms with Crippen LogP contribution in [0.4, 0.5) is 0 Å². The number of rotatable bonds is 0. The van der Waals surface area contributed by atoms with Gasteiger partial charge in [0.25, 0.3) is 0 Å². The van der Waals surface area contributed by atoms with Gasteiger partial charge in [0.15, 0.2) is 0 Å². The number of Topliss-reactive ketones (excluding diaryl/α,β-unsaturated/α-hetero) is 2. The molecule has 0 aromatic rings. The minimum atomic E-state index is -0.0590. The second-order valence-corrected chi connectivity index (χ2v) is 3.95. The van der Waals surface area contributed by atoms with Gasteiger partial charge in [-0.05, 0) is 12.8 Å². The van der Waals surface area contributed by atoms with Crippen molar-refractivity contribution in [1.29, 1.82) is 0 Å². The van der Waals surface area contributed by atoms with Gasteiger partial charge in [-0.2, -0.15) is 0 Å². The largest absolute Gasteiger partial charge is 0.373 e. The third-order valence-corrected chi connectivity index (χ3v) is 3.37. The van der Waals surface area contributed by atoms with Gasteiger partial charge in [0.05, 0.1) is 30.5 Å². The molecule has 1 aliphatic carbocycles. The van der Waals surface area contributed by atoms with Gasteiger partial charge in [-0.3, -0.25) is 9.59 Å². The Bertz CT molecular complexity index is 245. The number of fused-ring (bicyclic) bond motifs is 5. The number of hydrogen-bond donors (Lipinski definition) is 0. The highest BCUT2D eigenvalue weighted by Gasteiger charge is 2.58. The molecule has 3 nitrogen and oxygen atoms in total. The van der Waals surface area contributed by atoms with Gasteiger partial charge in [0, 0.05) is 0 Å². The van der Waals surface area contributed by atoms with Crippen LogP contribution in [0.15, 0.2) is 0 Å². The normalized spacial score (nSPS) is 50.3. The summed E-state index contributed by atoms with van der Waals surface area (Å²) >= 11 is 0. The zero-order chi connectivity index (χ0) is 8.29. The molecule has 12 heavy (non-hydrogen) atoms. The molecule has 0 spiro atoms. The first-order chi connectivity index (χ1) is 5.77. The Labute approximate surface area is 70.1 Å². The summed E-state index contributed by atoms with van der Waals surface area (Å²) in [5.74, 6) is 0.127. The van der Waals surface area contributed by atoms with Gasteiger partial charge in [-0.15, -0.1) is 0 Å². The van der Waals surface area contributed by atoms with E-state index in [1.165, 1.54) is 0 Å². The minimum absolute atomic E-state index is 0.0590. The van der Waals surface area contributed by atoms with E-state index in [1.54, 1.807) is 0 Å². The van der Waals surface area contributed by atoms with E-state index in [9.17, 15) is 9.59 Å². The molecule has 0 aromatic heterocycles. The highest BCUT2D eigenvalue weighted by atomic mass is 16.5. The van der Waals surface area contributed by atoms with Crippen molar-refractivity contribution in [3.8, 4) is 0 Å². The number of carbonyl (C=O) groups is 2. The second kappa shape index (κ2) is 1.96. The zero-order valence-electron chi connectivity index (χ0n) is 6.66. The Balaban J connectivity index is 2.03. The van der Waals surface area contributed by atoms with Gasteiger partial charge < -0.3 is 4.74 Å². The summed E-state index contributed by atoms with van der Waals surface area (Å²) < 4.78 is 5.54. The highest BCUT2D eigenvalue weighted by Crippen LogP contribution is 2.48. The third-order valence-electron chi connectivity index (χ3n) is 3.37. The van der Waals surface area contributed by atoms with Crippen LogP contribution in [0.3, 0.4) is 0 Å². The Morgan fingerprint density at radius 2 is 1.50 bits per heavy atom. The Kier molecular flexibility index (Phi) is 1.11. The Morgan fingerprint density at radius 3 is 2.00 bits per heavy atom. The predicted octanol–water partition coefficient (Wildman–Crippen LogP) is 0.322. The summed E-state index contributed by atoms with van der Waals surface area (Å²) in [7, 11) is 0. The lowest BCUT2D eigenvalue weighted by molar-refractivity contribution is -0.125. The van der Waals surface area contributed by atoms with E-state index < -0.39 is 0 Å². The molecule has 0 N–H and O–H groups in total. The van der Waals surface area contributed by atoms with Gasteiger partial charge in [0.1, 0.15) is 11.6 Å². The molecule has 0 radical (unpaired) electrons. The predicted molar refractivity (Wildman–Crippen MR) is 39.5 cm³/mol. The quantitative estimate of drug-likeness (QED) is 0.487. The van der Waals surface area contributed by atoms with E-state index in [2.05, 4.69) is 0 Å². The Hall–Kier alpha value is -0.700. The first kappa shape index (κ1) is 6.78. The monoisotopic (exact) mass is 166 g/mol. The summed E-state index contributed by atoms with van der Waals surface area (Å²) in [6.45, 7) is 0. The van der Waals surface area contributed by atoms with Crippen LogP contribution in [-0.4, -0.2) is 23.8 Å². The maximum absolute atomic E-state index is 11.4. The fourth-order valence-corrected chi connectivity index (χ4v) is 2.90. The van der Waals surface area contributed by atoms with E-state index in [-0.39, 0.29) is 42.0 Å². The molecule has 3 heteroatoms. The van der Waals surface area contributed by atoms with Gasteiger partial charge >= 0.3 is 0 Å². The molecule has 0 amide bonds. The molecular weight excluding hydrogens is 156 g/mol. The smallest absolute Gasteiger partial charge is 0.146 e. The van der Waals surface area contributed by atoms with Gasteiger partial charge in [0.2, 0.25) is 0 Å². The van der Waals surface area contributed by atoms with Gasteiger partial charge in [-0.1, -0.05) is 0 Å². The maximum Gasteiger partial charge on any atom is 0.146 e. The highest BCUT2D eigenvalue weighted by molar-refractivity contribution is 6.09. The SMILES string of the molecule is O=C1CC(=O)[C@H]2[C@@H]1[C@H]1CC[C@@H]2O1. The van der Waals surface area contributed by atoms with Crippen LogP contribution < -0.4 is 0 Å². The van der Waals surface area contributed by atoms with Crippen molar-refractivity contribution in [3.63, 3.8) is 0 Å². The molecule has 0 unspecified atom stereocenters. The van der Waals surface area contributed by atoms with Crippen molar-refractivity contribution >= 4 is 11.6 Å². The molecule has 3 fully saturated rings. The first-order valence-electron chi connectivity index (χ1n) is 4.48. The van der Waals surface area contributed by atoms with Crippen LogP contribution in [0.5, 0.6) is 0 Å². The molecule has 4 atom stereocenters. The molecule has 3 aliphatic rings. The van der Waals surface area contributed by atoms with E-state index in [0.717, 1.165) is 12.8 Å². The van der Waals surface area contributed by atoms with Crippen LogP contribution in [0, 0.1) is 11.8 Å². The molecule has 0 aromatic carbocycles. The fraction of sp³-hybridized carbons (Fsp3) is 0.778. The topological polar surface area (TPSA) is 43.4 Å². The molecule has 3 rings (SSSR count). The van der Waals surface area contributed by atoms with E-state index >= 15 is 0 Å². The van der Waals surface area contributed by atoms with Gasteiger partial charge in [-0.25, -0.2) is 0 Å². The van der Waals surface area contributed by atoms with E-state index in [4.69, 9.17) is 4.74 Å². The summed E-state index contributed by atoms with van der Waals surface area (Å²) in [6.07, 6.45) is 2.29. The molecule has 2 heterocycles. The fourth-order valence-electron chi connectivity index (χ4n) is 2.90. The summed E-state index contributed by atoms with van der Waals surface area (Å²) in [6, 6.07) is 0. The lowest BCUT2D eigenvalue weighted by atomic mass is 9.81. The van der Waals surface area contributed by atoms with Crippen molar-refractivity contribution in [1.82, 2.24) is 0 Å². The van der Waals surface area contributed by atoms with Crippen molar-refractivity contribution in [2.45, 2.75) is 31.5 Å². The average Bonchev–Trinajstić information content (AvgIpc) is 2.64. The maximum atomic E-state index is 11.4. The lowest BCUT2D eigenvalue weighted by Crippen LogP contribution is -2.29. The molecular formula is C9H10O3. The third kappa shape index (κ3) is 0.614. The number of hydrogen-bond acceptors (Lipinski definition) is 3. The number of carbonyl (C=O) groups excluding carboxylic acids is 2. The number of ether oxygens (including phenoxy) is 1. The lowest BCUT2D eigenvalue weighted by Gasteiger charge is -2.17. The summed E-state index contributed by atoms with van der Waals surface area (Å²) in [5.41, 5.74) is 0. The molecule has 64 valence electrons. The summed E-state index contributed by atoms with van der Waals surface area (Å²) in [5, 5.41) is 0. The molecule has 1 saturated carbocycles. The molecule has 2 saturated heterocycles. The number of ketones is 2. The van der Waals surface area contributed by atoms with Crippen molar-refractivity contribution in [2.75, 3.05) is 0 Å². The van der Waals surface area contributed by atoms with Crippen LogP contribution >= 0.6 is 0 Å². The molecule has 2 bridgehead atoms. The van der Waals surface area contributed by atoms with E-state index in [1.807, 2.05) is 0 Å². The average molecular weight is 166 g/mol. The van der Waals surface area contributed by atoms with Crippen molar-refractivity contribution in [3.05, 3.63) is 0 Å². The summed E-state index contributed by atoms with van der Waals surface area (Å²) in [4.78, 5) is 22.7. The van der Waals surface area contributed by atoms with E-state index in [0.29, 0.717) is 0 Å². The van der Waals surface area contributed by atoms with Crippen LogP contribution in [0.25, 0.3) is 0 Å². The molecule has 2 aliphatic heterocycles. The zero-order valence-corrected chi connectivity index (χ0v) is 6.66. The Morgan fingerprint density at radius 1 is 1.00 bits per heavy atom. The minimum Gasteiger partial charge on any atom is -0.373 e. The van der Waals surface area contributed by atoms with Crippen LogP contribution in [-0.2, 0) is 14.3 Å². The first-order valence-corrected chi connectivity index (χ1v) is 4.48. The van der Waals surface area contributed by atoms with Crippen LogP contribution in [0.2, 0.25) is 0 Å². The standard InChI is InChI=1S/C9H10O3/c10-4-3-5(11)9-7-2-1-6(12-7)8(4)9/h6-9H,1-3H2/t6-,7+,8+,9-. The van der Waals surface area contributed by atoms with Crippen molar-refractivity contribution in [2.24, 2.45) is 11.8 Å².